The molecule has 0 spiro atoms. The summed E-state index contributed by atoms with van der Waals surface area (Å²) in [6.45, 7) is 3.23. The highest BCUT2D eigenvalue weighted by atomic mass is 32.2. The summed E-state index contributed by atoms with van der Waals surface area (Å²) in [6, 6.07) is 3.69. The first-order valence-corrected chi connectivity index (χ1v) is 7.11. The molecule has 0 aliphatic carbocycles. The van der Waals surface area contributed by atoms with Gasteiger partial charge in [0.15, 0.2) is 9.84 Å². The van der Waals surface area contributed by atoms with Crippen molar-refractivity contribution in [1.29, 1.82) is 0 Å². The third-order valence-electron chi connectivity index (χ3n) is 2.99. The minimum absolute atomic E-state index is 0.106. The average Bonchev–Trinajstić information content (AvgIpc) is 2.11. The van der Waals surface area contributed by atoms with Gasteiger partial charge >= 0.3 is 0 Å². The van der Waals surface area contributed by atoms with Crippen LogP contribution in [0.1, 0.15) is 19.4 Å². The molecule has 2 rings (SSSR count). The Labute approximate surface area is 105 Å². The van der Waals surface area contributed by atoms with Gasteiger partial charge in [0.1, 0.15) is 16.0 Å². The lowest BCUT2D eigenvalue weighted by Crippen LogP contribution is -2.41. The molecule has 1 fully saturated rings. The Balaban J connectivity index is 2.42. The third-order valence-corrected chi connectivity index (χ3v) is 5.09. The van der Waals surface area contributed by atoms with Crippen molar-refractivity contribution in [2.75, 3.05) is 13.2 Å². The number of aliphatic hydroxyl groups is 1. The summed E-state index contributed by atoms with van der Waals surface area (Å²) in [6.07, 6.45) is 0. The van der Waals surface area contributed by atoms with E-state index in [1.807, 2.05) is 0 Å². The number of rotatable bonds is 3. The second-order valence-corrected chi connectivity index (χ2v) is 7.11. The number of hydrogen-bond donors (Lipinski definition) is 1. The molecule has 4 nitrogen and oxygen atoms in total. The predicted octanol–water partition coefficient (Wildman–Crippen LogP) is 1.23. The molecular formula is C12H15FO4S. The zero-order valence-electron chi connectivity index (χ0n) is 10.2. The van der Waals surface area contributed by atoms with E-state index in [1.54, 1.807) is 0 Å². The molecule has 1 N–H and O–H groups in total. The lowest BCUT2D eigenvalue weighted by atomic mass is 9.99. The van der Waals surface area contributed by atoms with Crippen LogP contribution in [0.3, 0.4) is 0 Å². The van der Waals surface area contributed by atoms with Crippen molar-refractivity contribution in [3.05, 3.63) is 29.6 Å². The van der Waals surface area contributed by atoms with E-state index in [0.717, 1.165) is 6.07 Å². The lowest BCUT2D eigenvalue weighted by molar-refractivity contribution is 0.0415. The van der Waals surface area contributed by atoms with Crippen LogP contribution in [0.4, 0.5) is 4.39 Å². The number of sulfone groups is 1. The zero-order chi connectivity index (χ0) is 13.6. The van der Waals surface area contributed by atoms with Crippen LogP contribution in [0.5, 0.6) is 0 Å². The van der Waals surface area contributed by atoms with Gasteiger partial charge in [0.05, 0.1) is 18.8 Å². The van der Waals surface area contributed by atoms with Crippen molar-refractivity contribution < 1.29 is 22.7 Å². The van der Waals surface area contributed by atoms with Crippen LogP contribution in [0.25, 0.3) is 0 Å². The molecule has 1 saturated heterocycles. The van der Waals surface area contributed by atoms with E-state index in [9.17, 15) is 17.9 Å². The van der Waals surface area contributed by atoms with Crippen LogP contribution >= 0.6 is 0 Å². The third kappa shape index (κ3) is 2.28. The van der Waals surface area contributed by atoms with Crippen LogP contribution in [0, 0.1) is 5.82 Å². The van der Waals surface area contributed by atoms with Gasteiger partial charge in [-0.25, -0.2) is 12.8 Å². The van der Waals surface area contributed by atoms with Crippen LogP contribution in [0.15, 0.2) is 23.1 Å². The maximum atomic E-state index is 13.9. The molecule has 100 valence electrons. The van der Waals surface area contributed by atoms with Crippen molar-refractivity contribution >= 4 is 9.84 Å². The van der Waals surface area contributed by atoms with Gasteiger partial charge in [0, 0.05) is 0 Å². The molecule has 0 radical (unpaired) electrons. The van der Waals surface area contributed by atoms with E-state index in [0.29, 0.717) is 5.56 Å². The smallest absolute Gasteiger partial charge is 0.188 e. The summed E-state index contributed by atoms with van der Waals surface area (Å²) in [5.41, 5.74) is -0.869. The Hall–Kier alpha value is -0.980. The maximum absolute atomic E-state index is 13.9. The monoisotopic (exact) mass is 274 g/mol. The van der Waals surface area contributed by atoms with Gasteiger partial charge in [0.2, 0.25) is 0 Å². The molecule has 1 heterocycles. The first kappa shape index (κ1) is 13.5. The van der Waals surface area contributed by atoms with E-state index in [1.165, 1.54) is 26.0 Å². The fourth-order valence-electron chi connectivity index (χ4n) is 1.68. The first-order chi connectivity index (χ1) is 8.23. The molecule has 1 aromatic carbocycles. The summed E-state index contributed by atoms with van der Waals surface area (Å²) in [4.78, 5) is -0.330. The molecular weight excluding hydrogens is 259 g/mol. The van der Waals surface area contributed by atoms with Gasteiger partial charge in [-0.3, -0.25) is 0 Å². The van der Waals surface area contributed by atoms with Crippen molar-refractivity contribution in [2.24, 2.45) is 0 Å². The summed E-state index contributed by atoms with van der Waals surface area (Å²) >= 11 is 0. The Morgan fingerprint density at radius 3 is 2.39 bits per heavy atom. The number of halogens is 1. The number of hydrogen-bond acceptors (Lipinski definition) is 4. The predicted molar refractivity (Wildman–Crippen MR) is 63.4 cm³/mol. The SMILES string of the molecule is CC(C)(O)c1ccc(S(=O)(=O)C2COC2)c(F)c1. The normalized spacial score (nSPS) is 17.6. The highest BCUT2D eigenvalue weighted by Gasteiger charge is 2.36. The Bertz CT molecular complexity index is 556. The molecule has 0 aromatic heterocycles. The number of ether oxygens (including phenoxy) is 1. The highest BCUT2D eigenvalue weighted by Crippen LogP contribution is 2.27. The van der Waals surface area contributed by atoms with Crippen LogP contribution < -0.4 is 0 Å². The van der Waals surface area contributed by atoms with Gasteiger partial charge in [-0.15, -0.1) is 0 Å². The maximum Gasteiger partial charge on any atom is 0.188 e. The van der Waals surface area contributed by atoms with Gasteiger partial charge < -0.3 is 9.84 Å². The minimum atomic E-state index is -3.68. The summed E-state index contributed by atoms with van der Waals surface area (Å²) < 4.78 is 42.7. The first-order valence-electron chi connectivity index (χ1n) is 5.57. The summed E-state index contributed by atoms with van der Waals surface area (Å²) in [5, 5.41) is 9.07. The summed E-state index contributed by atoms with van der Waals surface area (Å²) in [5.74, 6) is -0.832. The Kier molecular flexibility index (Phi) is 3.21. The molecule has 0 unspecified atom stereocenters. The zero-order valence-corrected chi connectivity index (χ0v) is 11.0. The molecule has 0 bridgehead atoms. The van der Waals surface area contributed by atoms with Crippen LogP contribution in [-0.2, 0) is 20.2 Å². The average molecular weight is 274 g/mol. The number of benzene rings is 1. The molecule has 1 aliphatic heterocycles. The lowest BCUT2D eigenvalue weighted by Gasteiger charge is -2.26. The van der Waals surface area contributed by atoms with E-state index in [4.69, 9.17) is 4.74 Å². The van der Waals surface area contributed by atoms with Crippen molar-refractivity contribution in [3.63, 3.8) is 0 Å². The summed E-state index contributed by atoms with van der Waals surface area (Å²) in [7, 11) is -3.68. The minimum Gasteiger partial charge on any atom is -0.386 e. The quantitative estimate of drug-likeness (QED) is 0.900. The Morgan fingerprint density at radius 2 is 2.00 bits per heavy atom. The molecule has 0 saturated carbocycles. The van der Waals surface area contributed by atoms with Gasteiger partial charge in [-0.1, -0.05) is 6.07 Å². The second kappa shape index (κ2) is 4.29. The van der Waals surface area contributed by atoms with Crippen LogP contribution in [0.2, 0.25) is 0 Å². The van der Waals surface area contributed by atoms with Crippen molar-refractivity contribution in [2.45, 2.75) is 29.6 Å². The van der Waals surface area contributed by atoms with E-state index < -0.39 is 26.5 Å². The molecule has 18 heavy (non-hydrogen) atoms. The van der Waals surface area contributed by atoms with Gasteiger partial charge in [-0.2, -0.15) is 0 Å². The van der Waals surface area contributed by atoms with Gasteiger partial charge in [0.25, 0.3) is 0 Å². The van der Waals surface area contributed by atoms with Gasteiger partial charge in [-0.05, 0) is 31.5 Å². The fraction of sp³-hybridized carbons (Fsp3) is 0.500. The van der Waals surface area contributed by atoms with Crippen LogP contribution in [-0.4, -0.2) is 32.0 Å². The van der Waals surface area contributed by atoms with E-state index >= 15 is 0 Å². The highest BCUT2D eigenvalue weighted by molar-refractivity contribution is 7.92. The van der Waals surface area contributed by atoms with E-state index in [-0.39, 0.29) is 18.1 Å². The molecule has 0 amide bonds. The van der Waals surface area contributed by atoms with Crippen molar-refractivity contribution in [1.82, 2.24) is 0 Å². The standard InChI is InChI=1S/C12H15FO4S/c1-12(2,14)8-3-4-11(10(13)5-8)18(15,16)9-6-17-7-9/h3-5,9,14H,6-7H2,1-2H3. The molecule has 0 atom stereocenters. The fourth-order valence-corrected chi connectivity index (χ4v) is 3.18. The second-order valence-electron chi connectivity index (χ2n) is 4.91. The molecule has 1 aromatic rings. The topological polar surface area (TPSA) is 63.6 Å². The molecule has 1 aliphatic rings. The Morgan fingerprint density at radius 1 is 1.39 bits per heavy atom. The largest absolute Gasteiger partial charge is 0.386 e. The van der Waals surface area contributed by atoms with E-state index in [2.05, 4.69) is 0 Å². The molecule has 6 heteroatoms. The van der Waals surface area contributed by atoms with Crippen molar-refractivity contribution in [3.8, 4) is 0 Å².